The Bertz CT molecular complexity index is 1360. The number of ketones is 1. The van der Waals surface area contributed by atoms with Crippen molar-refractivity contribution in [2.45, 2.75) is 19.5 Å². The molecule has 0 spiro atoms. The molecule has 1 heterocycles. The average Bonchev–Trinajstić information content (AvgIpc) is 3.17. The summed E-state index contributed by atoms with van der Waals surface area (Å²) in [6.07, 6.45) is 0. The van der Waals surface area contributed by atoms with E-state index in [4.69, 9.17) is 18.9 Å². The molecule has 1 atom stereocenters. The minimum absolute atomic E-state index is 0.0175. The van der Waals surface area contributed by atoms with Gasteiger partial charge in [-0.3, -0.25) is 9.59 Å². The Morgan fingerprint density at radius 2 is 1.46 bits per heavy atom. The molecule has 3 aromatic carbocycles. The number of rotatable bonds is 8. The lowest BCUT2D eigenvalue weighted by atomic mass is 9.93. The van der Waals surface area contributed by atoms with Crippen LogP contribution in [-0.4, -0.2) is 50.1 Å². The Kier molecular flexibility index (Phi) is 7.38. The van der Waals surface area contributed by atoms with Crippen molar-refractivity contribution >= 4 is 17.4 Å². The molecule has 1 aliphatic rings. The number of aliphatic hydroxyl groups is 1. The first kappa shape index (κ1) is 25.6. The summed E-state index contributed by atoms with van der Waals surface area (Å²) in [5.41, 5.74) is 2.57. The van der Waals surface area contributed by atoms with Crippen molar-refractivity contribution in [2.24, 2.45) is 0 Å². The number of aliphatic hydroxyl groups excluding tert-OH is 1. The van der Waals surface area contributed by atoms with E-state index in [1.165, 1.54) is 12.0 Å². The Labute approximate surface area is 215 Å². The number of hydrogen-bond donors (Lipinski definition) is 1. The standard InChI is InChI=1S/C29H29NO7/c1-17-14-21(35-3)11-12-22(17)27(31)25-26(19-7-9-20(34-2)10-8-19)30(29(33)28(25)32)16-18-6-13-23(36-4)24(15-18)37-5/h6-15,26,31H,16H2,1-5H3/b27-25-. The number of nitrogens with zero attached hydrogens (tertiary/aromatic N) is 1. The highest BCUT2D eigenvalue weighted by Crippen LogP contribution is 2.42. The van der Waals surface area contributed by atoms with E-state index in [0.29, 0.717) is 39.7 Å². The fraction of sp³-hybridized carbons (Fsp3) is 0.241. The van der Waals surface area contributed by atoms with E-state index >= 15 is 0 Å². The summed E-state index contributed by atoms with van der Waals surface area (Å²) in [5, 5.41) is 11.4. The summed E-state index contributed by atoms with van der Waals surface area (Å²) in [5.74, 6) is 0.606. The number of amides is 1. The zero-order valence-electron chi connectivity index (χ0n) is 21.4. The molecule has 1 amide bonds. The van der Waals surface area contributed by atoms with E-state index in [1.807, 2.05) is 0 Å². The van der Waals surface area contributed by atoms with E-state index in [1.54, 1.807) is 88.9 Å². The molecule has 1 unspecified atom stereocenters. The molecule has 192 valence electrons. The van der Waals surface area contributed by atoms with Gasteiger partial charge in [0.2, 0.25) is 0 Å². The van der Waals surface area contributed by atoms with Crippen molar-refractivity contribution in [3.05, 3.63) is 88.5 Å². The third-order valence-corrected chi connectivity index (χ3v) is 6.46. The maximum absolute atomic E-state index is 13.4. The fourth-order valence-electron chi connectivity index (χ4n) is 4.53. The molecule has 0 saturated carbocycles. The molecule has 0 aliphatic carbocycles. The fourth-order valence-corrected chi connectivity index (χ4v) is 4.53. The first-order valence-corrected chi connectivity index (χ1v) is 11.6. The minimum atomic E-state index is -0.819. The second-order valence-electron chi connectivity index (χ2n) is 8.57. The second-order valence-corrected chi connectivity index (χ2v) is 8.57. The topological polar surface area (TPSA) is 94.5 Å². The molecule has 0 bridgehead atoms. The summed E-state index contributed by atoms with van der Waals surface area (Å²) in [4.78, 5) is 28.2. The number of ether oxygens (including phenoxy) is 4. The van der Waals surface area contributed by atoms with Crippen molar-refractivity contribution in [3.8, 4) is 23.0 Å². The van der Waals surface area contributed by atoms with Crippen LogP contribution in [0.4, 0.5) is 0 Å². The lowest BCUT2D eigenvalue weighted by Gasteiger charge is -2.26. The molecule has 0 radical (unpaired) electrons. The van der Waals surface area contributed by atoms with Crippen LogP contribution in [0.15, 0.2) is 66.2 Å². The van der Waals surface area contributed by atoms with E-state index < -0.39 is 17.7 Å². The van der Waals surface area contributed by atoms with Gasteiger partial charge in [0, 0.05) is 12.1 Å². The van der Waals surface area contributed by atoms with Crippen molar-refractivity contribution in [2.75, 3.05) is 28.4 Å². The van der Waals surface area contributed by atoms with Crippen LogP contribution in [0.2, 0.25) is 0 Å². The zero-order valence-corrected chi connectivity index (χ0v) is 21.4. The highest BCUT2D eigenvalue weighted by Gasteiger charge is 2.46. The number of Topliss-reactive ketones (excluding diaryl/α,β-unsaturated/α-hetero) is 1. The lowest BCUT2D eigenvalue weighted by Crippen LogP contribution is -2.29. The normalized spacial score (nSPS) is 16.6. The number of aryl methyl sites for hydroxylation is 1. The molecule has 1 N–H and O–H groups in total. The van der Waals surface area contributed by atoms with E-state index in [0.717, 1.165) is 5.56 Å². The maximum atomic E-state index is 13.4. The molecule has 8 nitrogen and oxygen atoms in total. The maximum Gasteiger partial charge on any atom is 0.295 e. The summed E-state index contributed by atoms with van der Waals surface area (Å²) in [6, 6.07) is 16.7. The van der Waals surface area contributed by atoms with Gasteiger partial charge in [0.25, 0.3) is 11.7 Å². The summed E-state index contributed by atoms with van der Waals surface area (Å²) in [6.45, 7) is 1.92. The molecule has 37 heavy (non-hydrogen) atoms. The van der Waals surface area contributed by atoms with Crippen LogP contribution in [0.1, 0.15) is 28.3 Å². The quantitative estimate of drug-likeness (QED) is 0.272. The van der Waals surface area contributed by atoms with E-state index in [-0.39, 0.29) is 17.9 Å². The number of carbonyl (C=O) groups is 2. The van der Waals surface area contributed by atoms with E-state index in [2.05, 4.69) is 0 Å². The molecule has 8 heteroatoms. The summed E-state index contributed by atoms with van der Waals surface area (Å²) >= 11 is 0. The monoisotopic (exact) mass is 503 g/mol. The highest BCUT2D eigenvalue weighted by atomic mass is 16.5. The van der Waals surface area contributed by atoms with Gasteiger partial charge in [-0.05, 0) is 66.1 Å². The third-order valence-electron chi connectivity index (χ3n) is 6.46. The Morgan fingerprint density at radius 1 is 0.811 bits per heavy atom. The zero-order chi connectivity index (χ0) is 26.7. The summed E-state index contributed by atoms with van der Waals surface area (Å²) in [7, 11) is 6.19. The second kappa shape index (κ2) is 10.7. The van der Waals surface area contributed by atoms with Crippen LogP contribution in [0.5, 0.6) is 23.0 Å². The number of likely N-dealkylation sites (tertiary alicyclic amines) is 1. The first-order chi connectivity index (χ1) is 17.8. The van der Waals surface area contributed by atoms with Gasteiger partial charge in [0.15, 0.2) is 11.5 Å². The van der Waals surface area contributed by atoms with Gasteiger partial charge in [-0.2, -0.15) is 0 Å². The highest BCUT2D eigenvalue weighted by molar-refractivity contribution is 6.46. The largest absolute Gasteiger partial charge is 0.507 e. The predicted molar refractivity (Wildman–Crippen MR) is 138 cm³/mol. The average molecular weight is 504 g/mol. The summed E-state index contributed by atoms with van der Waals surface area (Å²) < 4.78 is 21.3. The SMILES string of the molecule is COc1ccc(C2/C(=C(/O)c3ccc(OC)cc3C)C(=O)C(=O)N2Cc2ccc(OC)c(OC)c2)cc1. The van der Waals surface area contributed by atoms with Crippen LogP contribution in [-0.2, 0) is 16.1 Å². The molecule has 1 saturated heterocycles. The molecule has 3 aromatic rings. The Hall–Kier alpha value is -4.46. The molecular weight excluding hydrogens is 474 g/mol. The molecule has 0 aromatic heterocycles. The number of hydrogen-bond acceptors (Lipinski definition) is 7. The van der Waals surface area contributed by atoms with Crippen LogP contribution in [0.25, 0.3) is 5.76 Å². The Balaban J connectivity index is 1.85. The van der Waals surface area contributed by atoms with Crippen LogP contribution in [0.3, 0.4) is 0 Å². The van der Waals surface area contributed by atoms with Crippen LogP contribution in [0, 0.1) is 6.92 Å². The van der Waals surface area contributed by atoms with Gasteiger partial charge in [0.1, 0.15) is 17.3 Å². The van der Waals surface area contributed by atoms with Gasteiger partial charge in [-0.1, -0.05) is 18.2 Å². The third kappa shape index (κ3) is 4.82. The van der Waals surface area contributed by atoms with Gasteiger partial charge in [0.05, 0.1) is 40.1 Å². The number of benzene rings is 3. The molecular formula is C29H29NO7. The molecule has 4 rings (SSSR count). The van der Waals surface area contributed by atoms with Gasteiger partial charge < -0.3 is 29.0 Å². The van der Waals surface area contributed by atoms with Crippen molar-refractivity contribution in [1.82, 2.24) is 4.90 Å². The smallest absolute Gasteiger partial charge is 0.295 e. The lowest BCUT2D eigenvalue weighted by molar-refractivity contribution is -0.140. The van der Waals surface area contributed by atoms with E-state index in [9.17, 15) is 14.7 Å². The van der Waals surface area contributed by atoms with Crippen molar-refractivity contribution in [1.29, 1.82) is 0 Å². The minimum Gasteiger partial charge on any atom is -0.507 e. The van der Waals surface area contributed by atoms with Gasteiger partial charge in [-0.15, -0.1) is 0 Å². The van der Waals surface area contributed by atoms with Crippen molar-refractivity contribution < 1.29 is 33.6 Å². The number of methoxy groups -OCH3 is 4. The Morgan fingerprint density at radius 3 is 2.05 bits per heavy atom. The predicted octanol–water partition coefficient (Wildman–Crippen LogP) is 4.65. The van der Waals surface area contributed by atoms with Gasteiger partial charge in [-0.25, -0.2) is 0 Å². The van der Waals surface area contributed by atoms with Crippen molar-refractivity contribution in [3.63, 3.8) is 0 Å². The van der Waals surface area contributed by atoms with Gasteiger partial charge >= 0.3 is 0 Å². The first-order valence-electron chi connectivity index (χ1n) is 11.6. The molecule has 1 aliphatic heterocycles. The van der Waals surface area contributed by atoms with Crippen LogP contribution < -0.4 is 18.9 Å². The molecule has 1 fully saturated rings. The number of carbonyl (C=O) groups excluding carboxylic acids is 2. The van der Waals surface area contributed by atoms with Crippen LogP contribution >= 0.6 is 0 Å².